The van der Waals surface area contributed by atoms with E-state index in [4.69, 9.17) is 34.8 Å². The molecule has 1 fully saturated rings. The average Bonchev–Trinajstić information content (AvgIpc) is 3.22. The van der Waals surface area contributed by atoms with Crippen LogP contribution in [0.4, 0.5) is 5.82 Å². The van der Waals surface area contributed by atoms with E-state index < -0.39 is 0 Å². The minimum Gasteiger partial charge on any atom is -0.308 e. The van der Waals surface area contributed by atoms with Gasteiger partial charge in [-0.05, 0) is 30.5 Å². The quantitative estimate of drug-likeness (QED) is 0.901. The SMILES string of the molecule is O=C(Nc1nn(Cc2ccc(Cl)c(Cl)c2)cc1Cl)C1CC1. The van der Waals surface area contributed by atoms with Crippen molar-refractivity contribution in [3.63, 3.8) is 0 Å². The van der Waals surface area contributed by atoms with Gasteiger partial charge < -0.3 is 5.32 Å². The van der Waals surface area contributed by atoms with E-state index >= 15 is 0 Å². The van der Waals surface area contributed by atoms with Crippen LogP contribution in [0.5, 0.6) is 0 Å². The van der Waals surface area contributed by atoms with E-state index in [9.17, 15) is 4.79 Å². The lowest BCUT2D eigenvalue weighted by Gasteiger charge is -2.04. The Morgan fingerprint density at radius 1 is 1.24 bits per heavy atom. The molecule has 0 bridgehead atoms. The van der Waals surface area contributed by atoms with Crippen molar-refractivity contribution < 1.29 is 4.79 Å². The summed E-state index contributed by atoms with van der Waals surface area (Å²) in [6.45, 7) is 0.496. The molecule has 0 radical (unpaired) electrons. The third-order valence-electron chi connectivity index (χ3n) is 3.24. The number of hydrogen-bond acceptors (Lipinski definition) is 2. The number of hydrogen-bond donors (Lipinski definition) is 1. The molecule has 1 saturated carbocycles. The highest BCUT2D eigenvalue weighted by Gasteiger charge is 2.30. The van der Waals surface area contributed by atoms with Crippen LogP contribution in [0.3, 0.4) is 0 Å². The number of nitrogens with zero attached hydrogens (tertiary/aromatic N) is 2. The highest BCUT2D eigenvalue weighted by atomic mass is 35.5. The molecule has 1 amide bonds. The second kappa shape index (κ2) is 5.87. The molecule has 0 unspecified atom stereocenters. The maximum Gasteiger partial charge on any atom is 0.228 e. The van der Waals surface area contributed by atoms with Gasteiger partial charge in [0.2, 0.25) is 5.91 Å². The lowest BCUT2D eigenvalue weighted by molar-refractivity contribution is -0.117. The summed E-state index contributed by atoms with van der Waals surface area (Å²) in [5.74, 6) is 0.492. The van der Waals surface area contributed by atoms with Gasteiger partial charge in [-0.15, -0.1) is 0 Å². The maximum atomic E-state index is 11.7. The summed E-state index contributed by atoms with van der Waals surface area (Å²) in [6, 6.07) is 5.38. The average molecular weight is 345 g/mol. The zero-order chi connectivity index (χ0) is 15.0. The highest BCUT2D eigenvalue weighted by molar-refractivity contribution is 6.42. The van der Waals surface area contributed by atoms with Crippen LogP contribution in [0.1, 0.15) is 18.4 Å². The first-order valence-electron chi connectivity index (χ1n) is 6.50. The Morgan fingerprint density at radius 2 is 2.00 bits per heavy atom. The number of anilines is 1. The Hall–Kier alpha value is -1.23. The third kappa shape index (κ3) is 3.51. The van der Waals surface area contributed by atoms with Gasteiger partial charge in [-0.25, -0.2) is 0 Å². The van der Waals surface area contributed by atoms with Gasteiger partial charge in [-0.1, -0.05) is 40.9 Å². The minimum atomic E-state index is -0.0170. The van der Waals surface area contributed by atoms with Crippen molar-refractivity contribution in [1.29, 1.82) is 0 Å². The van der Waals surface area contributed by atoms with E-state index in [1.54, 1.807) is 23.0 Å². The fourth-order valence-corrected chi connectivity index (χ4v) is 2.47. The molecule has 4 nitrogen and oxygen atoms in total. The van der Waals surface area contributed by atoms with Crippen LogP contribution in [-0.4, -0.2) is 15.7 Å². The van der Waals surface area contributed by atoms with E-state index in [1.807, 2.05) is 6.07 Å². The Labute approximate surface area is 137 Å². The van der Waals surface area contributed by atoms with Crippen molar-refractivity contribution in [3.8, 4) is 0 Å². The second-order valence-corrected chi connectivity index (χ2v) is 6.26. The first-order chi connectivity index (χ1) is 10.0. The van der Waals surface area contributed by atoms with Gasteiger partial charge in [0.1, 0.15) is 5.02 Å². The van der Waals surface area contributed by atoms with Crippen LogP contribution in [0.25, 0.3) is 0 Å². The van der Waals surface area contributed by atoms with Gasteiger partial charge >= 0.3 is 0 Å². The molecule has 2 aromatic rings. The van der Waals surface area contributed by atoms with Crippen LogP contribution in [0, 0.1) is 5.92 Å². The van der Waals surface area contributed by atoms with Crippen LogP contribution in [-0.2, 0) is 11.3 Å². The summed E-state index contributed by atoms with van der Waals surface area (Å²) >= 11 is 18.0. The maximum absolute atomic E-state index is 11.7. The van der Waals surface area contributed by atoms with Crippen molar-refractivity contribution in [3.05, 3.63) is 45.0 Å². The predicted molar refractivity (Wildman–Crippen MR) is 84.2 cm³/mol. The first kappa shape index (κ1) is 14.7. The molecule has 0 saturated heterocycles. The Balaban J connectivity index is 1.73. The number of aromatic nitrogens is 2. The van der Waals surface area contributed by atoms with E-state index in [0.29, 0.717) is 27.4 Å². The normalized spacial score (nSPS) is 14.2. The van der Waals surface area contributed by atoms with Crippen LogP contribution < -0.4 is 5.32 Å². The summed E-state index contributed by atoms with van der Waals surface area (Å²) in [4.78, 5) is 11.7. The van der Waals surface area contributed by atoms with Gasteiger partial charge in [0.15, 0.2) is 5.82 Å². The lowest BCUT2D eigenvalue weighted by Crippen LogP contribution is -2.14. The second-order valence-electron chi connectivity index (χ2n) is 5.04. The number of rotatable bonds is 4. The van der Waals surface area contributed by atoms with Gasteiger partial charge in [0, 0.05) is 12.1 Å². The van der Waals surface area contributed by atoms with Crippen molar-refractivity contribution >= 4 is 46.5 Å². The fraction of sp³-hybridized carbons (Fsp3) is 0.286. The summed E-state index contributed by atoms with van der Waals surface area (Å²) in [5.41, 5.74) is 0.948. The van der Waals surface area contributed by atoms with Crippen LogP contribution in [0.15, 0.2) is 24.4 Å². The van der Waals surface area contributed by atoms with E-state index in [1.165, 1.54) is 0 Å². The van der Waals surface area contributed by atoms with Crippen molar-refractivity contribution in [2.75, 3.05) is 5.32 Å². The summed E-state index contributed by atoms with van der Waals surface area (Å²) in [6.07, 6.45) is 3.55. The molecule has 1 aliphatic rings. The zero-order valence-electron chi connectivity index (χ0n) is 10.9. The van der Waals surface area contributed by atoms with Gasteiger partial charge in [0.25, 0.3) is 0 Å². The molecule has 0 spiro atoms. The number of benzene rings is 1. The smallest absolute Gasteiger partial charge is 0.228 e. The third-order valence-corrected chi connectivity index (χ3v) is 4.25. The summed E-state index contributed by atoms with van der Waals surface area (Å²) < 4.78 is 1.66. The molecule has 21 heavy (non-hydrogen) atoms. The minimum absolute atomic E-state index is 0.0170. The predicted octanol–water partition coefficient (Wildman–Crippen LogP) is 4.24. The number of carbonyl (C=O) groups excluding carboxylic acids is 1. The molecular formula is C14H12Cl3N3O. The van der Waals surface area contributed by atoms with E-state index in [0.717, 1.165) is 18.4 Å². The molecule has 0 aliphatic heterocycles. The van der Waals surface area contributed by atoms with Gasteiger partial charge in [-0.2, -0.15) is 5.10 Å². The summed E-state index contributed by atoms with van der Waals surface area (Å²) in [7, 11) is 0. The molecular weight excluding hydrogens is 333 g/mol. The van der Waals surface area contributed by atoms with E-state index in [-0.39, 0.29) is 11.8 Å². The zero-order valence-corrected chi connectivity index (χ0v) is 13.2. The van der Waals surface area contributed by atoms with E-state index in [2.05, 4.69) is 10.4 Å². The van der Waals surface area contributed by atoms with Gasteiger partial charge in [-0.3, -0.25) is 9.48 Å². The Bertz CT molecular complexity index is 695. The van der Waals surface area contributed by atoms with Crippen molar-refractivity contribution in [2.45, 2.75) is 19.4 Å². The monoisotopic (exact) mass is 343 g/mol. The number of halogens is 3. The lowest BCUT2D eigenvalue weighted by atomic mass is 10.2. The molecule has 110 valence electrons. The Morgan fingerprint density at radius 3 is 2.67 bits per heavy atom. The van der Waals surface area contributed by atoms with Crippen molar-refractivity contribution in [1.82, 2.24) is 9.78 Å². The molecule has 1 aromatic carbocycles. The standard InChI is InChI=1S/C14H12Cl3N3O/c15-10-4-1-8(5-11(10)16)6-20-7-12(17)13(19-20)18-14(21)9-2-3-9/h1,4-5,7,9H,2-3,6H2,(H,18,19,21). The fourth-order valence-electron chi connectivity index (χ4n) is 1.95. The number of amides is 1. The van der Waals surface area contributed by atoms with Crippen molar-refractivity contribution in [2.24, 2.45) is 5.92 Å². The number of nitrogens with one attached hydrogen (secondary N) is 1. The van der Waals surface area contributed by atoms with Gasteiger partial charge in [0.05, 0.1) is 16.6 Å². The Kier molecular flexibility index (Phi) is 4.11. The topological polar surface area (TPSA) is 46.9 Å². The molecule has 1 N–H and O–H groups in total. The molecule has 1 heterocycles. The largest absolute Gasteiger partial charge is 0.308 e. The first-order valence-corrected chi connectivity index (χ1v) is 7.64. The van der Waals surface area contributed by atoms with Crippen LogP contribution >= 0.6 is 34.8 Å². The molecule has 0 atom stereocenters. The molecule has 7 heteroatoms. The highest BCUT2D eigenvalue weighted by Crippen LogP contribution is 2.31. The number of carbonyl (C=O) groups is 1. The molecule has 1 aliphatic carbocycles. The van der Waals surface area contributed by atoms with Crippen LogP contribution in [0.2, 0.25) is 15.1 Å². The molecule has 1 aromatic heterocycles. The summed E-state index contributed by atoms with van der Waals surface area (Å²) in [5, 5.41) is 8.46. The molecule has 3 rings (SSSR count).